The van der Waals surface area contributed by atoms with Crippen LogP contribution < -0.4 is 0 Å². The third-order valence-corrected chi connectivity index (χ3v) is 3.35. The number of rotatable bonds is 3. The number of ether oxygens (including phenoxy) is 1. The summed E-state index contributed by atoms with van der Waals surface area (Å²) in [5, 5.41) is 0.00262. The molecule has 0 atom stereocenters. The molecule has 0 spiro atoms. The number of carbonyl (C=O) groups excluding carboxylic acids is 1. The topological polar surface area (TPSA) is 26.3 Å². The SMILES string of the molecule is O=C(CC1CCOCC1)c1ccc(F)c(Cl)c1. The average molecular weight is 257 g/mol. The molecule has 1 fully saturated rings. The monoisotopic (exact) mass is 256 g/mol. The predicted molar refractivity (Wildman–Crippen MR) is 63.9 cm³/mol. The third kappa shape index (κ3) is 3.27. The summed E-state index contributed by atoms with van der Waals surface area (Å²) in [7, 11) is 0. The van der Waals surface area contributed by atoms with Crippen molar-refractivity contribution in [2.75, 3.05) is 13.2 Å². The lowest BCUT2D eigenvalue weighted by molar-refractivity contribution is 0.0601. The molecule has 1 aromatic carbocycles. The predicted octanol–water partition coefficient (Wildman–Crippen LogP) is 3.48. The number of halogens is 2. The lowest BCUT2D eigenvalue weighted by Gasteiger charge is -2.21. The fraction of sp³-hybridized carbons (Fsp3) is 0.462. The van der Waals surface area contributed by atoms with Crippen molar-refractivity contribution >= 4 is 17.4 Å². The van der Waals surface area contributed by atoms with E-state index in [-0.39, 0.29) is 10.8 Å². The molecular weight excluding hydrogens is 243 g/mol. The third-order valence-electron chi connectivity index (χ3n) is 3.06. The molecule has 0 amide bonds. The van der Waals surface area contributed by atoms with Gasteiger partial charge in [0.05, 0.1) is 5.02 Å². The highest BCUT2D eigenvalue weighted by atomic mass is 35.5. The van der Waals surface area contributed by atoms with Crippen LogP contribution in [0.25, 0.3) is 0 Å². The van der Waals surface area contributed by atoms with Gasteiger partial charge in [0.2, 0.25) is 0 Å². The lowest BCUT2D eigenvalue weighted by Crippen LogP contribution is -2.18. The van der Waals surface area contributed by atoms with Gasteiger partial charge in [-0.25, -0.2) is 4.39 Å². The van der Waals surface area contributed by atoms with Gasteiger partial charge in [0.1, 0.15) is 5.82 Å². The molecule has 2 nitrogen and oxygen atoms in total. The normalized spacial score (nSPS) is 17.1. The van der Waals surface area contributed by atoms with Crippen molar-refractivity contribution in [3.63, 3.8) is 0 Å². The van der Waals surface area contributed by atoms with Gasteiger partial charge in [0.25, 0.3) is 0 Å². The van der Waals surface area contributed by atoms with E-state index in [1.807, 2.05) is 0 Å². The quantitative estimate of drug-likeness (QED) is 0.774. The fourth-order valence-electron chi connectivity index (χ4n) is 2.00. The van der Waals surface area contributed by atoms with E-state index in [2.05, 4.69) is 0 Å². The number of ketones is 1. The van der Waals surface area contributed by atoms with Crippen LogP contribution in [0.2, 0.25) is 5.02 Å². The summed E-state index contributed by atoms with van der Waals surface area (Å²) < 4.78 is 18.2. The molecule has 1 aromatic rings. The van der Waals surface area contributed by atoms with Crippen LogP contribution in [0.3, 0.4) is 0 Å². The first kappa shape index (κ1) is 12.5. The second-order valence-corrected chi connectivity index (χ2v) is 4.72. The summed E-state index contributed by atoms with van der Waals surface area (Å²) in [5.74, 6) is -0.0897. The van der Waals surface area contributed by atoms with Crippen molar-refractivity contribution in [3.8, 4) is 0 Å². The van der Waals surface area contributed by atoms with Crippen LogP contribution in [0.5, 0.6) is 0 Å². The van der Waals surface area contributed by atoms with Crippen molar-refractivity contribution in [3.05, 3.63) is 34.6 Å². The van der Waals surface area contributed by atoms with Crippen molar-refractivity contribution in [1.82, 2.24) is 0 Å². The Kier molecular flexibility index (Phi) is 4.13. The average Bonchev–Trinajstić information content (AvgIpc) is 2.34. The molecular formula is C13H14ClFO2. The first-order valence-electron chi connectivity index (χ1n) is 5.73. The summed E-state index contributed by atoms with van der Waals surface area (Å²) in [6, 6.07) is 4.13. The Bertz CT molecular complexity index is 414. The van der Waals surface area contributed by atoms with Crippen LogP contribution in [-0.4, -0.2) is 19.0 Å². The molecule has 0 saturated carbocycles. The molecule has 92 valence electrons. The number of Topliss-reactive ketones (excluding diaryl/α,β-unsaturated/α-hetero) is 1. The van der Waals surface area contributed by atoms with Crippen molar-refractivity contribution < 1.29 is 13.9 Å². The van der Waals surface area contributed by atoms with Crippen LogP contribution in [0, 0.1) is 11.7 Å². The molecule has 2 rings (SSSR count). The molecule has 0 radical (unpaired) electrons. The summed E-state index contributed by atoms with van der Waals surface area (Å²) >= 11 is 5.65. The molecule has 1 aliphatic heterocycles. The molecule has 1 saturated heterocycles. The van der Waals surface area contributed by atoms with Gasteiger partial charge in [-0.2, -0.15) is 0 Å². The number of hydrogen-bond acceptors (Lipinski definition) is 2. The van der Waals surface area contributed by atoms with E-state index in [0.29, 0.717) is 17.9 Å². The van der Waals surface area contributed by atoms with Crippen LogP contribution in [0.4, 0.5) is 4.39 Å². The zero-order chi connectivity index (χ0) is 12.3. The molecule has 0 N–H and O–H groups in total. The Morgan fingerprint density at radius 1 is 1.41 bits per heavy atom. The Morgan fingerprint density at radius 3 is 2.76 bits per heavy atom. The molecule has 0 unspecified atom stereocenters. The zero-order valence-electron chi connectivity index (χ0n) is 9.42. The molecule has 0 aliphatic carbocycles. The van der Waals surface area contributed by atoms with Gasteiger partial charge < -0.3 is 4.74 Å². The van der Waals surface area contributed by atoms with Gasteiger partial charge in [-0.15, -0.1) is 0 Å². The molecule has 0 bridgehead atoms. The summed E-state index contributed by atoms with van der Waals surface area (Å²) in [4.78, 5) is 12.0. The highest BCUT2D eigenvalue weighted by Gasteiger charge is 2.18. The van der Waals surface area contributed by atoms with Gasteiger partial charge in [0, 0.05) is 25.2 Å². The second kappa shape index (κ2) is 5.61. The maximum Gasteiger partial charge on any atom is 0.163 e. The van der Waals surface area contributed by atoms with Gasteiger partial charge in [-0.1, -0.05) is 11.6 Å². The van der Waals surface area contributed by atoms with E-state index in [4.69, 9.17) is 16.3 Å². The van der Waals surface area contributed by atoms with Crippen molar-refractivity contribution in [1.29, 1.82) is 0 Å². The fourth-order valence-corrected chi connectivity index (χ4v) is 2.18. The standard InChI is InChI=1S/C13H14ClFO2/c14-11-8-10(1-2-12(11)15)13(16)7-9-3-5-17-6-4-9/h1-2,8-9H,3-7H2. The second-order valence-electron chi connectivity index (χ2n) is 4.31. The summed E-state index contributed by atoms with van der Waals surface area (Å²) in [6.07, 6.45) is 2.33. The molecule has 4 heteroatoms. The van der Waals surface area contributed by atoms with E-state index in [1.165, 1.54) is 18.2 Å². The molecule has 1 heterocycles. The Morgan fingerprint density at radius 2 is 2.12 bits per heavy atom. The Hall–Kier alpha value is -0.930. The minimum absolute atomic E-state index is 0.00262. The zero-order valence-corrected chi connectivity index (χ0v) is 10.2. The maximum atomic E-state index is 13.0. The van der Waals surface area contributed by atoms with Crippen LogP contribution in [0.1, 0.15) is 29.6 Å². The number of carbonyl (C=O) groups is 1. The van der Waals surface area contributed by atoms with Gasteiger partial charge in [-0.05, 0) is 37.0 Å². The van der Waals surface area contributed by atoms with Crippen molar-refractivity contribution in [2.24, 2.45) is 5.92 Å². The molecule has 17 heavy (non-hydrogen) atoms. The Balaban J connectivity index is 2.01. The molecule has 0 aromatic heterocycles. The smallest absolute Gasteiger partial charge is 0.163 e. The highest BCUT2D eigenvalue weighted by Crippen LogP contribution is 2.22. The Labute approximate surface area is 105 Å². The van der Waals surface area contributed by atoms with Gasteiger partial charge >= 0.3 is 0 Å². The molecule has 1 aliphatic rings. The minimum atomic E-state index is -0.491. The van der Waals surface area contributed by atoms with E-state index in [1.54, 1.807) is 0 Å². The van der Waals surface area contributed by atoms with E-state index in [0.717, 1.165) is 26.1 Å². The van der Waals surface area contributed by atoms with Crippen molar-refractivity contribution in [2.45, 2.75) is 19.3 Å². The van der Waals surface area contributed by atoms with Crippen LogP contribution in [-0.2, 0) is 4.74 Å². The first-order chi connectivity index (χ1) is 8.16. The maximum absolute atomic E-state index is 13.0. The minimum Gasteiger partial charge on any atom is -0.381 e. The lowest BCUT2D eigenvalue weighted by atomic mass is 9.92. The highest BCUT2D eigenvalue weighted by molar-refractivity contribution is 6.31. The number of benzene rings is 1. The van der Waals surface area contributed by atoms with Crippen LogP contribution >= 0.6 is 11.6 Å². The van der Waals surface area contributed by atoms with E-state index in [9.17, 15) is 9.18 Å². The largest absolute Gasteiger partial charge is 0.381 e. The number of hydrogen-bond donors (Lipinski definition) is 0. The summed E-state index contributed by atoms with van der Waals surface area (Å²) in [6.45, 7) is 1.45. The van der Waals surface area contributed by atoms with Gasteiger partial charge in [-0.3, -0.25) is 4.79 Å². The van der Waals surface area contributed by atoms with E-state index >= 15 is 0 Å². The van der Waals surface area contributed by atoms with Crippen LogP contribution in [0.15, 0.2) is 18.2 Å². The van der Waals surface area contributed by atoms with E-state index < -0.39 is 5.82 Å². The van der Waals surface area contributed by atoms with Gasteiger partial charge in [0.15, 0.2) is 5.78 Å². The summed E-state index contributed by atoms with van der Waals surface area (Å²) in [5.41, 5.74) is 0.489. The first-order valence-corrected chi connectivity index (χ1v) is 6.10.